The van der Waals surface area contributed by atoms with Gasteiger partial charge in [-0.15, -0.1) is 0 Å². The molecule has 5 nitrogen and oxygen atoms in total. The normalized spacial score (nSPS) is 14.9. The predicted molar refractivity (Wildman–Crippen MR) is 99.3 cm³/mol. The van der Waals surface area contributed by atoms with Gasteiger partial charge in [0, 0.05) is 18.7 Å². The number of hydrogen-bond acceptors (Lipinski definition) is 4. The third-order valence-corrected chi connectivity index (χ3v) is 4.60. The fourth-order valence-corrected chi connectivity index (χ4v) is 3.16. The van der Waals surface area contributed by atoms with E-state index >= 15 is 0 Å². The summed E-state index contributed by atoms with van der Waals surface area (Å²) in [6.45, 7) is 1.56. The van der Waals surface area contributed by atoms with Crippen molar-refractivity contribution in [3.63, 3.8) is 0 Å². The number of nitrogens with one attached hydrogen (secondary N) is 1. The molecule has 2 aromatic rings. The molecule has 1 aliphatic carbocycles. The summed E-state index contributed by atoms with van der Waals surface area (Å²) in [7, 11) is 0. The van der Waals surface area contributed by atoms with Crippen molar-refractivity contribution in [3.8, 4) is 5.75 Å². The first-order valence-electron chi connectivity index (χ1n) is 9.47. The van der Waals surface area contributed by atoms with E-state index in [4.69, 9.17) is 13.9 Å². The molecule has 0 atom stereocenters. The fraction of sp³-hybridized carbons (Fsp3) is 0.476. The first-order chi connectivity index (χ1) is 12.8. The lowest BCUT2D eigenvalue weighted by molar-refractivity contribution is 0.0273. The standard InChI is InChI=1S/C21H27NO4/c23-21(22-13-7-14-24-18-8-3-1-4-9-18)20-17(12-15-25-20)16-26-19-10-5-2-6-11-19/h2,5-6,10-12,15,18H,1,3-4,7-9,13-14,16H2,(H,22,23). The zero-order chi connectivity index (χ0) is 18.0. The van der Waals surface area contributed by atoms with Crippen LogP contribution in [0.15, 0.2) is 47.1 Å². The van der Waals surface area contributed by atoms with E-state index in [2.05, 4.69) is 5.32 Å². The lowest BCUT2D eigenvalue weighted by atomic mass is 9.98. The van der Waals surface area contributed by atoms with Crippen molar-refractivity contribution in [1.29, 1.82) is 0 Å². The highest BCUT2D eigenvalue weighted by atomic mass is 16.5. The molecular weight excluding hydrogens is 330 g/mol. The number of rotatable bonds is 9. The number of amides is 1. The molecule has 1 aromatic carbocycles. The van der Waals surface area contributed by atoms with Gasteiger partial charge in [-0.1, -0.05) is 37.5 Å². The largest absolute Gasteiger partial charge is 0.489 e. The lowest BCUT2D eigenvalue weighted by Gasteiger charge is -2.21. The first kappa shape index (κ1) is 18.5. The van der Waals surface area contributed by atoms with E-state index in [9.17, 15) is 4.79 Å². The molecule has 5 heteroatoms. The summed E-state index contributed by atoms with van der Waals surface area (Å²) < 4.78 is 16.9. The quantitative estimate of drug-likeness (QED) is 0.679. The van der Waals surface area contributed by atoms with Crippen molar-refractivity contribution in [1.82, 2.24) is 5.32 Å². The molecule has 0 spiro atoms. The van der Waals surface area contributed by atoms with Gasteiger partial charge in [0.1, 0.15) is 12.4 Å². The van der Waals surface area contributed by atoms with Crippen molar-refractivity contribution in [2.24, 2.45) is 0 Å². The van der Waals surface area contributed by atoms with Crippen LogP contribution in [0.2, 0.25) is 0 Å². The Morgan fingerprint density at radius 3 is 2.73 bits per heavy atom. The SMILES string of the molecule is O=C(NCCCOC1CCCCC1)c1occc1COc1ccccc1. The van der Waals surface area contributed by atoms with Crippen molar-refractivity contribution in [2.75, 3.05) is 13.2 Å². The second-order valence-electron chi connectivity index (χ2n) is 6.62. The maximum atomic E-state index is 12.3. The van der Waals surface area contributed by atoms with E-state index in [1.807, 2.05) is 30.3 Å². The molecule has 1 N–H and O–H groups in total. The van der Waals surface area contributed by atoms with Gasteiger partial charge in [-0.2, -0.15) is 0 Å². The third-order valence-electron chi connectivity index (χ3n) is 4.60. The molecule has 0 saturated heterocycles. The predicted octanol–water partition coefficient (Wildman–Crippen LogP) is 4.33. The molecule has 1 amide bonds. The highest BCUT2D eigenvalue weighted by Crippen LogP contribution is 2.20. The van der Waals surface area contributed by atoms with Gasteiger partial charge in [0.25, 0.3) is 5.91 Å². The van der Waals surface area contributed by atoms with E-state index < -0.39 is 0 Å². The van der Waals surface area contributed by atoms with Crippen LogP contribution in [0.4, 0.5) is 0 Å². The second-order valence-corrected chi connectivity index (χ2v) is 6.62. The summed E-state index contributed by atoms with van der Waals surface area (Å²) in [4.78, 5) is 12.3. The number of carbonyl (C=O) groups excluding carboxylic acids is 1. The summed E-state index contributed by atoms with van der Waals surface area (Å²) in [5, 5.41) is 2.89. The van der Waals surface area contributed by atoms with Gasteiger partial charge in [0.05, 0.1) is 12.4 Å². The van der Waals surface area contributed by atoms with Crippen LogP contribution < -0.4 is 10.1 Å². The molecule has 1 aliphatic rings. The molecule has 26 heavy (non-hydrogen) atoms. The van der Waals surface area contributed by atoms with Crippen molar-refractivity contribution >= 4 is 5.91 Å². The number of benzene rings is 1. The van der Waals surface area contributed by atoms with Crippen LogP contribution >= 0.6 is 0 Å². The van der Waals surface area contributed by atoms with Gasteiger partial charge in [-0.3, -0.25) is 4.79 Å². The Morgan fingerprint density at radius 1 is 1.12 bits per heavy atom. The first-order valence-corrected chi connectivity index (χ1v) is 9.47. The Balaban J connectivity index is 1.37. The summed E-state index contributed by atoms with van der Waals surface area (Å²) in [5.41, 5.74) is 0.741. The number of furan rings is 1. The van der Waals surface area contributed by atoms with Crippen LogP contribution in [0, 0.1) is 0 Å². The van der Waals surface area contributed by atoms with Gasteiger partial charge in [0.15, 0.2) is 5.76 Å². The summed E-state index contributed by atoms with van der Waals surface area (Å²) in [6.07, 6.45) is 8.94. The monoisotopic (exact) mass is 357 g/mol. The van der Waals surface area contributed by atoms with Gasteiger partial charge < -0.3 is 19.2 Å². The van der Waals surface area contributed by atoms with Crippen LogP contribution in [-0.4, -0.2) is 25.2 Å². The topological polar surface area (TPSA) is 60.7 Å². The van der Waals surface area contributed by atoms with Crippen molar-refractivity contribution < 1.29 is 18.7 Å². The van der Waals surface area contributed by atoms with E-state index in [-0.39, 0.29) is 5.91 Å². The molecule has 3 rings (SSSR count). The number of ether oxygens (including phenoxy) is 2. The molecule has 1 aromatic heterocycles. The Morgan fingerprint density at radius 2 is 1.92 bits per heavy atom. The van der Waals surface area contributed by atoms with E-state index in [0.29, 0.717) is 31.6 Å². The molecular formula is C21H27NO4. The minimum absolute atomic E-state index is 0.209. The average Bonchev–Trinajstić information content (AvgIpc) is 3.16. The third kappa shape index (κ3) is 5.63. The molecule has 1 fully saturated rings. The van der Waals surface area contributed by atoms with Crippen molar-refractivity contribution in [3.05, 3.63) is 54.0 Å². The second kappa shape index (κ2) is 10.0. The molecule has 140 valence electrons. The minimum Gasteiger partial charge on any atom is -0.489 e. The minimum atomic E-state index is -0.209. The number of para-hydroxylation sites is 1. The van der Waals surface area contributed by atoms with Crippen LogP contribution in [0.1, 0.15) is 54.6 Å². The van der Waals surface area contributed by atoms with Crippen molar-refractivity contribution in [2.45, 2.75) is 51.2 Å². The smallest absolute Gasteiger partial charge is 0.287 e. The van der Waals surface area contributed by atoms with Crippen LogP contribution in [0.3, 0.4) is 0 Å². The van der Waals surface area contributed by atoms with E-state index in [1.54, 1.807) is 6.07 Å². The molecule has 0 radical (unpaired) electrons. The van der Waals surface area contributed by atoms with Crippen LogP contribution in [0.25, 0.3) is 0 Å². The van der Waals surface area contributed by atoms with Gasteiger partial charge in [0.2, 0.25) is 0 Å². The summed E-state index contributed by atoms with van der Waals surface area (Å²) in [5.74, 6) is 0.869. The number of carbonyl (C=O) groups is 1. The summed E-state index contributed by atoms with van der Waals surface area (Å²) in [6, 6.07) is 11.3. The number of hydrogen-bond donors (Lipinski definition) is 1. The van der Waals surface area contributed by atoms with Crippen LogP contribution in [-0.2, 0) is 11.3 Å². The lowest BCUT2D eigenvalue weighted by Crippen LogP contribution is -2.26. The zero-order valence-electron chi connectivity index (χ0n) is 15.1. The van der Waals surface area contributed by atoms with E-state index in [0.717, 1.165) is 17.7 Å². The molecule has 0 bridgehead atoms. The van der Waals surface area contributed by atoms with Gasteiger partial charge >= 0.3 is 0 Å². The fourth-order valence-electron chi connectivity index (χ4n) is 3.16. The Hall–Kier alpha value is -2.27. The molecule has 1 heterocycles. The highest BCUT2D eigenvalue weighted by Gasteiger charge is 2.16. The van der Waals surface area contributed by atoms with E-state index in [1.165, 1.54) is 38.4 Å². The zero-order valence-corrected chi connectivity index (χ0v) is 15.1. The average molecular weight is 357 g/mol. The maximum absolute atomic E-state index is 12.3. The highest BCUT2D eigenvalue weighted by molar-refractivity contribution is 5.92. The maximum Gasteiger partial charge on any atom is 0.287 e. The Kier molecular flexibility index (Phi) is 7.14. The molecule has 0 unspecified atom stereocenters. The van der Waals surface area contributed by atoms with Crippen LogP contribution in [0.5, 0.6) is 5.75 Å². The Bertz CT molecular complexity index is 662. The van der Waals surface area contributed by atoms with Gasteiger partial charge in [-0.25, -0.2) is 0 Å². The van der Waals surface area contributed by atoms with Gasteiger partial charge in [-0.05, 0) is 37.5 Å². The molecule has 0 aliphatic heterocycles. The Labute approximate surface area is 154 Å². The summed E-state index contributed by atoms with van der Waals surface area (Å²) >= 11 is 0. The molecule has 1 saturated carbocycles.